The van der Waals surface area contributed by atoms with Gasteiger partial charge in [-0.3, -0.25) is 0 Å². The minimum absolute atomic E-state index is 0.573. The third-order valence-corrected chi connectivity index (χ3v) is 6.22. The summed E-state index contributed by atoms with van der Waals surface area (Å²) in [4.78, 5) is 2.67. The monoisotopic (exact) mass is 339 g/mol. The Morgan fingerprint density at radius 3 is 2.04 bits per heavy atom. The third-order valence-electron chi connectivity index (χ3n) is 6.22. The van der Waals surface area contributed by atoms with Crippen LogP contribution in [0.5, 0.6) is 0 Å². The zero-order valence-electron chi connectivity index (χ0n) is 15.1. The Balaban J connectivity index is 1.35. The second-order valence-electron chi connectivity index (χ2n) is 7.74. The first kappa shape index (κ1) is 15.8. The molecule has 1 aliphatic heterocycles. The second-order valence-corrected chi connectivity index (χ2v) is 7.74. The van der Waals surface area contributed by atoms with Gasteiger partial charge in [0.15, 0.2) is 0 Å². The van der Waals surface area contributed by atoms with Crippen LogP contribution >= 0.6 is 0 Å². The smallest absolute Gasteiger partial charge is 0.0143 e. The van der Waals surface area contributed by atoms with Gasteiger partial charge in [-0.1, -0.05) is 78.9 Å². The Morgan fingerprint density at radius 1 is 0.731 bits per heavy atom. The molecule has 1 heteroatoms. The van der Waals surface area contributed by atoms with Crippen LogP contribution < -0.4 is 0 Å². The highest BCUT2D eigenvalue weighted by atomic mass is 15.1. The molecule has 1 nitrogen and oxygen atoms in total. The van der Waals surface area contributed by atoms with Crippen molar-refractivity contribution in [3.63, 3.8) is 0 Å². The van der Waals surface area contributed by atoms with Crippen LogP contribution in [-0.4, -0.2) is 24.5 Å². The van der Waals surface area contributed by atoms with Crippen molar-refractivity contribution in [1.29, 1.82) is 0 Å². The van der Waals surface area contributed by atoms with Crippen LogP contribution in [0.15, 0.2) is 78.9 Å². The minimum Gasteiger partial charge on any atom is -0.303 e. The highest BCUT2D eigenvalue weighted by Crippen LogP contribution is 2.49. The van der Waals surface area contributed by atoms with Crippen molar-refractivity contribution in [2.45, 2.75) is 18.8 Å². The summed E-state index contributed by atoms with van der Waals surface area (Å²) in [5.41, 5.74) is 7.45. The van der Waals surface area contributed by atoms with Crippen molar-refractivity contribution in [2.24, 2.45) is 5.92 Å². The summed E-state index contributed by atoms with van der Waals surface area (Å²) < 4.78 is 0. The molecule has 1 unspecified atom stereocenters. The molecule has 0 amide bonds. The minimum atomic E-state index is 0.573. The number of rotatable bonds is 4. The molecular weight excluding hydrogens is 314 g/mol. The van der Waals surface area contributed by atoms with Gasteiger partial charge in [-0.2, -0.15) is 0 Å². The Hall–Kier alpha value is -2.38. The summed E-state index contributed by atoms with van der Waals surface area (Å²) in [7, 11) is 0. The second kappa shape index (κ2) is 6.74. The van der Waals surface area contributed by atoms with Crippen LogP contribution in [0.25, 0.3) is 11.1 Å². The molecule has 5 rings (SSSR count). The van der Waals surface area contributed by atoms with Crippen molar-refractivity contribution in [1.82, 2.24) is 4.90 Å². The summed E-state index contributed by atoms with van der Waals surface area (Å²) >= 11 is 0. The molecule has 3 aromatic rings. The highest BCUT2D eigenvalue weighted by molar-refractivity contribution is 5.78. The van der Waals surface area contributed by atoms with Crippen LogP contribution in [0.3, 0.4) is 0 Å². The standard InChI is InChI=1S/C25H25N/c1-2-8-19(9-3-1)14-16-26-17-15-20(18-26)25-23-12-6-4-10-21(23)22-11-5-7-13-24(22)25/h1-13,20,25H,14-18H2. The lowest BCUT2D eigenvalue weighted by atomic mass is 9.83. The summed E-state index contributed by atoms with van der Waals surface area (Å²) in [6, 6.07) is 29.0. The average Bonchev–Trinajstić information content (AvgIpc) is 3.29. The summed E-state index contributed by atoms with van der Waals surface area (Å²) in [5, 5.41) is 0. The van der Waals surface area contributed by atoms with Crippen molar-refractivity contribution in [2.75, 3.05) is 19.6 Å². The molecule has 0 N–H and O–H groups in total. The zero-order valence-corrected chi connectivity index (χ0v) is 15.1. The van der Waals surface area contributed by atoms with Gasteiger partial charge in [-0.05, 0) is 53.1 Å². The number of fused-ring (bicyclic) bond motifs is 3. The van der Waals surface area contributed by atoms with Crippen LogP contribution in [0.4, 0.5) is 0 Å². The number of benzene rings is 3. The molecule has 3 aromatic carbocycles. The van der Waals surface area contributed by atoms with Crippen molar-refractivity contribution in [3.8, 4) is 11.1 Å². The first-order valence-corrected chi connectivity index (χ1v) is 9.84. The fourth-order valence-corrected chi connectivity index (χ4v) is 4.97. The molecule has 1 saturated heterocycles. The van der Waals surface area contributed by atoms with Gasteiger partial charge < -0.3 is 4.90 Å². The Kier molecular flexibility index (Phi) is 4.10. The van der Waals surface area contributed by atoms with E-state index in [4.69, 9.17) is 0 Å². The molecule has 0 saturated carbocycles. The van der Waals surface area contributed by atoms with Crippen molar-refractivity contribution in [3.05, 3.63) is 95.6 Å². The lowest BCUT2D eigenvalue weighted by Gasteiger charge is -2.22. The van der Waals surface area contributed by atoms with E-state index in [9.17, 15) is 0 Å². The molecule has 1 atom stereocenters. The first-order valence-electron chi connectivity index (χ1n) is 9.84. The fraction of sp³-hybridized carbons (Fsp3) is 0.280. The van der Waals surface area contributed by atoms with Gasteiger partial charge in [0, 0.05) is 19.0 Å². The maximum atomic E-state index is 2.67. The summed E-state index contributed by atoms with van der Waals surface area (Å²) in [6.07, 6.45) is 2.47. The number of hydrogen-bond acceptors (Lipinski definition) is 1. The van der Waals surface area contributed by atoms with Gasteiger partial charge in [0.25, 0.3) is 0 Å². The van der Waals surface area contributed by atoms with Crippen LogP contribution in [0.1, 0.15) is 29.0 Å². The lowest BCUT2D eigenvalue weighted by Crippen LogP contribution is -2.24. The molecule has 0 aromatic heterocycles. The zero-order chi connectivity index (χ0) is 17.3. The third kappa shape index (κ3) is 2.77. The van der Waals surface area contributed by atoms with Gasteiger partial charge in [0.2, 0.25) is 0 Å². The highest BCUT2D eigenvalue weighted by Gasteiger charge is 2.37. The molecule has 1 heterocycles. The topological polar surface area (TPSA) is 3.24 Å². The predicted molar refractivity (Wildman–Crippen MR) is 108 cm³/mol. The van der Waals surface area contributed by atoms with E-state index in [2.05, 4.69) is 83.8 Å². The molecule has 0 bridgehead atoms. The van der Waals surface area contributed by atoms with Gasteiger partial charge in [0.05, 0.1) is 0 Å². The number of nitrogens with zero attached hydrogens (tertiary/aromatic N) is 1. The maximum Gasteiger partial charge on any atom is 0.0143 e. The number of likely N-dealkylation sites (tertiary alicyclic amines) is 1. The predicted octanol–water partition coefficient (Wildman–Crippen LogP) is 5.36. The summed E-state index contributed by atoms with van der Waals surface area (Å²) in [5.74, 6) is 1.31. The molecular formula is C25H25N. The van der Waals surface area contributed by atoms with E-state index in [-0.39, 0.29) is 0 Å². The van der Waals surface area contributed by atoms with E-state index in [0.29, 0.717) is 5.92 Å². The maximum absolute atomic E-state index is 2.67. The normalized spacial score (nSPS) is 19.5. The lowest BCUT2D eigenvalue weighted by molar-refractivity contribution is 0.323. The van der Waals surface area contributed by atoms with Crippen molar-refractivity contribution >= 4 is 0 Å². The Bertz CT molecular complexity index is 853. The fourth-order valence-electron chi connectivity index (χ4n) is 4.97. The van der Waals surface area contributed by atoms with Crippen molar-refractivity contribution < 1.29 is 0 Å². The molecule has 0 radical (unpaired) electrons. The van der Waals surface area contributed by atoms with Gasteiger partial charge in [-0.25, -0.2) is 0 Å². The van der Waals surface area contributed by atoms with E-state index < -0.39 is 0 Å². The van der Waals surface area contributed by atoms with E-state index in [0.717, 1.165) is 12.3 Å². The van der Waals surface area contributed by atoms with Gasteiger partial charge >= 0.3 is 0 Å². The van der Waals surface area contributed by atoms with E-state index in [1.165, 1.54) is 42.7 Å². The quantitative estimate of drug-likeness (QED) is 0.618. The first-order chi connectivity index (χ1) is 12.9. The van der Waals surface area contributed by atoms with Crippen LogP contribution in [0.2, 0.25) is 0 Å². The SMILES string of the molecule is c1ccc(CCN2CCC(C3c4ccccc4-c4ccccc43)C2)cc1. The van der Waals surface area contributed by atoms with E-state index >= 15 is 0 Å². The molecule has 1 fully saturated rings. The van der Waals surface area contributed by atoms with E-state index in [1.807, 2.05) is 0 Å². The average molecular weight is 339 g/mol. The Labute approximate surface area is 156 Å². The number of hydrogen-bond donors (Lipinski definition) is 0. The van der Waals surface area contributed by atoms with Crippen LogP contribution in [0, 0.1) is 5.92 Å². The molecule has 130 valence electrons. The molecule has 1 aliphatic carbocycles. The van der Waals surface area contributed by atoms with Crippen LogP contribution in [-0.2, 0) is 6.42 Å². The largest absolute Gasteiger partial charge is 0.303 e. The molecule has 2 aliphatic rings. The van der Waals surface area contributed by atoms with Gasteiger partial charge in [0.1, 0.15) is 0 Å². The van der Waals surface area contributed by atoms with Gasteiger partial charge in [-0.15, -0.1) is 0 Å². The molecule has 0 spiro atoms. The van der Waals surface area contributed by atoms with E-state index in [1.54, 1.807) is 11.1 Å². The Morgan fingerprint density at radius 2 is 1.35 bits per heavy atom. The summed E-state index contributed by atoms with van der Waals surface area (Å²) in [6.45, 7) is 3.63. The molecule has 26 heavy (non-hydrogen) atoms.